The molecule has 4 rings (SSSR count). The topological polar surface area (TPSA) is 99.3 Å². The fraction of sp³-hybridized carbons (Fsp3) is 0.323. The smallest absolute Gasteiger partial charge is 0.232 e. The summed E-state index contributed by atoms with van der Waals surface area (Å²) in [6.07, 6.45) is 5.51. The van der Waals surface area contributed by atoms with E-state index in [0.717, 1.165) is 28.5 Å². The first-order valence-electron chi connectivity index (χ1n) is 13.3. The van der Waals surface area contributed by atoms with Crippen LogP contribution in [0.4, 0.5) is 5.69 Å². The van der Waals surface area contributed by atoms with Crippen molar-refractivity contribution in [1.29, 1.82) is 5.26 Å². The summed E-state index contributed by atoms with van der Waals surface area (Å²) in [6, 6.07) is 22.4. The highest BCUT2D eigenvalue weighted by molar-refractivity contribution is 7.92. The molecule has 0 radical (unpaired) electrons. The second-order valence-corrected chi connectivity index (χ2v) is 12.2. The van der Waals surface area contributed by atoms with E-state index in [-0.39, 0.29) is 30.8 Å². The van der Waals surface area contributed by atoms with Crippen LogP contribution in [0.3, 0.4) is 0 Å². The summed E-state index contributed by atoms with van der Waals surface area (Å²) >= 11 is 0. The molecule has 0 saturated carbocycles. The van der Waals surface area contributed by atoms with Crippen molar-refractivity contribution in [3.05, 3.63) is 96.1 Å². The van der Waals surface area contributed by atoms with Crippen molar-refractivity contribution in [3.8, 4) is 6.07 Å². The molecule has 4 aromatic rings. The predicted octanol–water partition coefficient (Wildman–Crippen LogP) is 4.84. The van der Waals surface area contributed by atoms with Crippen molar-refractivity contribution in [2.75, 3.05) is 24.2 Å². The molecule has 0 bridgehead atoms. The Balaban J connectivity index is 1.58. The Morgan fingerprint density at radius 3 is 2.45 bits per heavy atom. The zero-order chi connectivity index (χ0) is 28.9. The third kappa shape index (κ3) is 6.52. The molecular formula is C31H35N5O3S. The molecule has 8 nitrogen and oxygen atoms in total. The maximum Gasteiger partial charge on any atom is 0.232 e. The van der Waals surface area contributed by atoms with Crippen LogP contribution >= 0.6 is 0 Å². The molecule has 40 heavy (non-hydrogen) atoms. The molecule has 1 aromatic heterocycles. The van der Waals surface area contributed by atoms with E-state index in [0.29, 0.717) is 17.8 Å². The first-order chi connectivity index (χ1) is 19.1. The number of hydrogen-bond acceptors (Lipinski definition) is 5. The molecule has 208 valence electrons. The first-order valence-corrected chi connectivity index (χ1v) is 15.2. The van der Waals surface area contributed by atoms with Gasteiger partial charge in [-0.1, -0.05) is 68.8 Å². The van der Waals surface area contributed by atoms with E-state index >= 15 is 0 Å². The Kier molecular flexibility index (Phi) is 8.90. The number of carbonyl (C=O) groups excluding carboxylic acids is 1. The second kappa shape index (κ2) is 12.3. The number of nitriles is 1. The molecule has 0 aliphatic carbocycles. The van der Waals surface area contributed by atoms with Gasteiger partial charge in [-0.05, 0) is 35.1 Å². The Bertz CT molecular complexity index is 1620. The van der Waals surface area contributed by atoms with E-state index in [2.05, 4.69) is 11.1 Å². The number of aromatic nitrogens is 2. The average Bonchev–Trinajstić information content (AvgIpc) is 3.38. The number of amides is 1. The van der Waals surface area contributed by atoms with Gasteiger partial charge >= 0.3 is 0 Å². The largest absolute Gasteiger partial charge is 0.340 e. The average molecular weight is 558 g/mol. The minimum absolute atomic E-state index is 0.0525. The number of fused-ring (bicyclic) bond motifs is 1. The second-order valence-electron chi connectivity index (χ2n) is 10.2. The quantitative estimate of drug-likeness (QED) is 0.263. The van der Waals surface area contributed by atoms with Crippen molar-refractivity contribution in [1.82, 2.24) is 14.5 Å². The summed E-state index contributed by atoms with van der Waals surface area (Å²) in [7, 11) is -1.89. The molecule has 0 aliphatic rings. The molecule has 2 atom stereocenters. The van der Waals surface area contributed by atoms with E-state index in [1.54, 1.807) is 36.6 Å². The number of rotatable bonds is 11. The highest BCUT2D eigenvalue weighted by atomic mass is 32.2. The summed E-state index contributed by atoms with van der Waals surface area (Å²) in [5, 5.41) is 10.8. The van der Waals surface area contributed by atoms with Gasteiger partial charge in [-0.25, -0.2) is 13.4 Å². The number of carbonyl (C=O) groups is 1. The van der Waals surface area contributed by atoms with Gasteiger partial charge in [-0.2, -0.15) is 5.26 Å². The third-order valence-corrected chi connectivity index (χ3v) is 8.69. The van der Waals surface area contributed by atoms with Gasteiger partial charge in [0.25, 0.3) is 0 Å². The van der Waals surface area contributed by atoms with Gasteiger partial charge in [-0.3, -0.25) is 9.10 Å². The Morgan fingerprint density at radius 1 is 1.07 bits per heavy atom. The van der Waals surface area contributed by atoms with Crippen LogP contribution in [0.1, 0.15) is 37.1 Å². The van der Waals surface area contributed by atoms with E-state index < -0.39 is 10.0 Å². The van der Waals surface area contributed by atoms with Crippen LogP contribution in [0.5, 0.6) is 0 Å². The number of hydrogen-bond donors (Lipinski definition) is 0. The lowest BCUT2D eigenvalue weighted by Gasteiger charge is -2.37. The zero-order valence-electron chi connectivity index (χ0n) is 23.4. The first kappa shape index (κ1) is 28.8. The minimum Gasteiger partial charge on any atom is -0.340 e. The zero-order valence-corrected chi connectivity index (χ0v) is 24.2. The Hall–Kier alpha value is -4.16. The summed E-state index contributed by atoms with van der Waals surface area (Å²) in [6.45, 7) is 4.77. The van der Waals surface area contributed by atoms with E-state index in [1.807, 2.05) is 73.0 Å². The third-order valence-electron chi connectivity index (χ3n) is 7.55. The van der Waals surface area contributed by atoms with Crippen molar-refractivity contribution in [3.63, 3.8) is 0 Å². The van der Waals surface area contributed by atoms with Crippen molar-refractivity contribution in [2.24, 2.45) is 5.92 Å². The highest BCUT2D eigenvalue weighted by Crippen LogP contribution is 2.30. The standard InChI is InChI=1S/C31H35N5O3S/c1-5-23(2)30(21-36(40(4,38)39)29-12-8-10-26-9-6-7-11-28(26)29)34(3)31(37)17-27-19-33-22-35(27)20-25-15-13-24(18-32)14-16-25/h6-16,19,22-23,30H,5,17,20-21H2,1-4H3/t23-,30+/m0/s1. The van der Waals surface area contributed by atoms with Crippen LogP contribution in [0, 0.1) is 17.2 Å². The van der Waals surface area contributed by atoms with Crippen LogP contribution < -0.4 is 4.31 Å². The van der Waals surface area contributed by atoms with Gasteiger partial charge in [0.05, 0.1) is 48.9 Å². The lowest BCUT2D eigenvalue weighted by Crippen LogP contribution is -2.50. The fourth-order valence-corrected chi connectivity index (χ4v) is 5.89. The van der Waals surface area contributed by atoms with Gasteiger partial charge in [-0.15, -0.1) is 0 Å². The molecule has 0 aliphatic heterocycles. The van der Waals surface area contributed by atoms with Crippen molar-refractivity contribution in [2.45, 2.75) is 39.3 Å². The fourth-order valence-electron chi connectivity index (χ4n) is 4.95. The van der Waals surface area contributed by atoms with Crippen LogP contribution in [0.2, 0.25) is 0 Å². The van der Waals surface area contributed by atoms with Gasteiger partial charge in [0.15, 0.2) is 0 Å². The maximum atomic E-state index is 13.6. The molecular weight excluding hydrogens is 522 g/mol. The van der Waals surface area contributed by atoms with Gasteiger partial charge < -0.3 is 9.47 Å². The van der Waals surface area contributed by atoms with E-state index in [9.17, 15) is 13.2 Å². The maximum absolute atomic E-state index is 13.6. The minimum atomic E-state index is -3.64. The van der Waals surface area contributed by atoms with Gasteiger partial charge in [0, 0.05) is 30.9 Å². The molecule has 0 unspecified atom stereocenters. The Morgan fingerprint density at radius 2 is 1.77 bits per heavy atom. The van der Waals surface area contributed by atoms with Crippen LogP contribution in [-0.4, -0.2) is 54.7 Å². The molecule has 0 fully saturated rings. The summed E-state index contributed by atoms with van der Waals surface area (Å²) in [5.74, 6) is -0.0602. The lowest BCUT2D eigenvalue weighted by molar-refractivity contribution is -0.132. The molecule has 0 spiro atoms. The molecule has 0 N–H and O–H groups in total. The van der Waals surface area contributed by atoms with Crippen LogP contribution in [0.15, 0.2) is 79.3 Å². The number of anilines is 1. The molecule has 3 aromatic carbocycles. The van der Waals surface area contributed by atoms with E-state index in [4.69, 9.17) is 5.26 Å². The molecule has 9 heteroatoms. The monoisotopic (exact) mass is 557 g/mol. The summed E-state index contributed by atoms with van der Waals surface area (Å²) in [4.78, 5) is 19.6. The van der Waals surface area contributed by atoms with Gasteiger partial charge in [0.1, 0.15) is 0 Å². The number of benzene rings is 3. The van der Waals surface area contributed by atoms with E-state index in [1.165, 1.54) is 10.6 Å². The molecule has 1 heterocycles. The normalized spacial score (nSPS) is 13.0. The number of imidazole rings is 1. The van der Waals surface area contributed by atoms with Crippen LogP contribution in [-0.2, 0) is 27.8 Å². The number of likely N-dealkylation sites (N-methyl/N-ethyl adjacent to an activating group) is 1. The highest BCUT2D eigenvalue weighted by Gasteiger charge is 2.31. The summed E-state index contributed by atoms with van der Waals surface area (Å²) < 4.78 is 29.6. The Labute approximate surface area is 236 Å². The van der Waals surface area contributed by atoms with Crippen molar-refractivity contribution >= 4 is 32.4 Å². The predicted molar refractivity (Wildman–Crippen MR) is 158 cm³/mol. The molecule has 1 amide bonds. The summed E-state index contributed by atoms with van der Waals surface area (Å²) in [5.41, 5.74) is 2.96. The molecule has 0 saturated heterocycles. The lowest BCUT2D eigenvalue weighted by atomic mass is 9.97. The number of sulfonamides is 1. The number of nitrogens with zero attached hydrogens (tertiary/aromatic N) is 5. The van der Waals surface area contributed by atoms with Crippen LogP contribution in [0.25, 0.3) is 10.8 Å². The van der Waals surface area contributed by atoms with Crippen molar-refractivity contribution < 1.29 is 13.2 Å². The SMILES string of the molecule is CC[C@H](C)[C@@H](CN(c1cccc2ccccc12)S(C)(=O)=O)N(C)C(=O)Cc1cncn1Cc1ccc(C#N)cc1. The van der Waals surface area contributed by atoms with Gasteiger partial charge in [0.2, 0.25) is 15.9 Å².